The first-order valence-corrected chi connectivity index (χ1v) is 10.2. The maximum atomic E-state index is 13.1. The number of nitrogens with zero attached hydrogens (tertiary/aromatic N) is 4. The molecule has 0 aliphatic rings. The zero-order valence-corrected chi connectivity index (χ0v) is 16.7. The first-order valence-electron chi connectivity index (χ1n) is 8.54. The van der Waals surface area contributed by atoms with Crippen LogP contribution in [0.15, 0.2) is 24.3 Å². The molecule has 0 atom stereocenters. The smallest absolute Gasteiger partial charge is 0.364 e. The summed E-state index contributed by atoms with van der Waals surface area (Å²) < 4.78 is 65.5. The number of benzene rings is 1. The van der Waals surface area contributed by atoms with Crippen molar-refractivity contribution < 1.29 is 21.6 Å². The molecule has 1 aromatic carbocycles. The second kappa shape index (κ2) is 7.59. The van der Waals surface area contributed by atoms with Gasteiger partial charge in [0.15, 0.2) is 11.5 Å². The van der Waals surface area contributed by atoms with Gasteiger partial charge < -0.3 is 5.32 Å². The molecule has 8 nitrogen and oxygen atoms in total. The number of rotatable bonds is 6. The number of alkyl halides is 3. The van der Waals surface area contributed by atoms with E-state index in [1.165, 1.54) is 7.05 Å². The molecule has 0 fully saturated rings. The van der Waals surface area contributed by atoms with Gasteiger partial charge in [-0.15, -0.1) is 15.3 Å². The monoisotopic (exact) mass is 428 g/mol. The molecule has 0 amide bonds. The minimum atomic E-state index is -4.67. The Balaban J connectivity index is 1.82. The first-order chi connectivity index (χ1) is 13.5. The fourth-order valence-corrected chi connectivity index (χ4v) is 3.48. The molecule has 0 saturated heterocycles. The van der Waals surface area contributed by atoms with E-state index in [2.05, 4.69) is 25.3 Å². The van der Waals surface area contributed by atoms with Gasteiger partial charge in [0.05, 0.1) is 5.75 Å². The lowest BCUT2D eigenvalue weighted by Crippen LogP contribution is -2.20. The lowest BCUT2D eigenvalue weighted by molar-refractivity contribution is -0.146. The average Bonchev–Trinajstić information content (AvgIpc) is 3.09. The van der Waals surface area contributed by atoms with Crippen LogP contribution in [0.5, 0.6) is 0 Å². The van der Waals surface area contributed by atoms with E-state index in [1.807, 2.05) is 0 Å². The zero-order chi connectivity index (χ0) is 21.4. The number of sulfonamides is 1. The summed E-state index contributed by atoms with van der Waals surface area (Å²) in [7, 11) is -2.02. The van der Waals surface area contributed by atoms with Crippen LogP contribution in [0.3, 0.4) is 0 Å². The summed E-state index contributed by atoms with van der Waals surface area (Å²) in [5.74, 6) is -1.04. The number of aryl methyl sites for hydroxylation is 1. The number of halogens is 3. The van der Waals surface area contributed by atoms with E-state index in [9.17, 15) is 21.6 Å². The van der Waals surface area contributed by atoms with Gasteiger partial charge in [-0.1, -0.05) is 24.3 Å². The third-order valence-electron chi connectivity index (χ3n) is 4.50. The van der Waals surface area contributed by atoms with Crippen LogP contribution in [0.2, 0.25) is 0 Å². The third kappa shape index (κ3) is 4.48. The predicted octanol–water partition coefficient (Wildman–Crippen LogP) is 2.42. The Morgan fingerprint density at radius 1 is 1.03 bits per heavy atom. The van der Waals surface area contributed by atoms with Gasteiger partial charge in [0, 0.05) is 12.1 Å². The second-order valence-corrected chi connectivity index (χ2v) is 8.42. The van der Waals surface area contributed by atoms with Gasteiger partial charge in [0.1, 0.15) is 0 Å². The summed E-state index contributed by atoms with van der Waals surface area (Å²) in [6.45, 7) is 3.68. The standard InChI is InChI=1S/C17H19F3N6O2S/c1-10-11(2)15-23-24-16(17(18,19)20)26(15)25-14(10)22-8-12-4-6-13(7-5-12)9-29(27,28)21-3/h4-7,21H,8-9H2,1-3H3,(H,22,25). The fourth-order valence-electron chi connectivity index (χ4n) is 2.70. The molecule has 2 N–H and O–H groups in total. The Hall–Kier alpha value is -2.73. The molecule has 0 bridgehead atoms. The molecule has 29 heavy (non-hydrogen) atoms. The lowest BCUT2D eigenvalue weighted by atomic mass is 10.1. The van der Waals surface area contributed by atoms with Crippen molar-refractivity contribution in [2.24, 2.45) is 0 Å². The highest BCUT2D eigenvalue weighted by Crippen LogP contribution is 2.29. The Bertz CT molecular complexity index is 1140. The average molecular weight is 428 g/mol. The van der Waals surface area contributed by atoms with E-state index < -0.39 is 22.0 Å². The van der Waals surface area contributed by atoms with Gasteiger partial charge in [-0.25, -0.2) is 13.1 Å². The maximum Gasteiger partial charge on any atom is 0.453 e. The van der Waals surface area contributed by atoms with Gasteiger partial charge in [0.25, 0.3) is 5.82 Å². The van der Waals surface area contributed by atoms with Crippen molar-refractivity contribution in [1.29, 1.82) is 0 Å². The Kier molecular flexibility index (Phi) is 5.50. The molecule has 0 spiro atoms. The van der Waals surface area contributed by atoms with E-state index >= 15 is 0 Å². The van der Waals surface area contributed by atoms with E-state index in [-0.39, 0.29) is 17.2 Å². The SMILES string of the molecule is CNS(=O)(=O)Cc1ccc(CNc2nn3c(C(F)(F)F)nnc3c(C)c2C)cc1. The summed E-state index contributed by atoms with van der Waals surface area (Å²) in [6.07, 6.45) is -4.67. The Morgan fingerprint density at radius 2 is 1.66 bits per heavy atom. The molecule has 3 aromatic rings. The van der Waals surface area contributed by atoms with Gasteiger partial charge >= 0.3 is 6.18 Å². The summed E-state index contributed by atoms with van der Waals surface area (Å²) in [4.78, 5) is 0. The van der Waals surface area contributed by atoms with Gasteiger partial charge in [-0.3, -0.25) is 0 Å². The molecule has 0 unspecified atom stereocenters. The highest BCUT2D eigenvalue weighted by Gasteiger charge is 2.38. The highest BCUT2D eigenvalue weighted by molar-refractivity contribution is 7.88. The molecule has 156 valence electrons. The minimum absolute atomic E-state index is 0.0514. The molecule has 3 rings (SSSR count). The topological polar surface area (TPSA) is 101 Å². The minimum Gasteiger partial charge on any atom is -0.364 e. The fraction of sp³-hybridized carbons (Fsp3) is 0.353. The van der Waals surface area contributed by atoms with Gasteiger partial charge in [0.2, 0.25) is 10.0 Å². The van der Waals surface area contributed by atoms with Crippen molar-refractivity contribution in [3.63, 3.8) is 0 Å². The van der Waals surface area contributed by atoms with Crippen molar-refractivity contribution in [3.8, 4) is 0 Å². The van der Waals surface area contributed by atoms with E-state index in [1.54, 1.807) is 38.1 Å². The van der Waals surface area contributed by atoms with Crippen molar-refractivity contribution in [3.05, 3.63) is 52.3 Å². The summed E-state index contributed by atoms with van der Waals surface area (Å²) in [5, 5.41) is 13.9. The Labute approximate surface area is 165 Å². The third-order valence-corrected chi connectivity index (χ3v) is 5.83. The molecule has 0 radical (unpaired) electrons. The normalized spacial score (nSPS) is 12.5. The number of hydrogen-bond donors (Lipinski definition) is 2. The number of fused-ring (bicyclic) bond motifs is 1. The van der Waals surface area contributed by atoms with Gasteiger partial charge in [-0.05, 0) is 37.6 Å². The van der Waals surface area contributed by atoms with Crippen LogP contribution in [-0.4, -0.2) is 35.3 Å². The van der Waals surface area contributed by atoms with Gasteiger partial charge in [-0.2, -0.15) is 17.7 Å². The van der Waals surface area contributed by atoms with E-state index in [4.69, 9.17) is 0 Å². The van der Waals surface area contributed by atoms with Crippen LogP contribution in [0, 0.1) is 13.8 Å². The quantitative estimate of drug-likeness (QED) is 0.625. The highest BCUT2D eigenvalue weighted by atomic mass is 32.2. The van der Waals surface area contributed by atoms with Crippen LogP contribution < -0.4 is 10.0 Å². The predicted molar refractivity (Wildman–Crippen MR) is 101 cm³/mol. The lowest BCUT2D eigenvalue weighted by Gasteiger charge is -2.13. The van der Waals surface area contributed by atoms with Crippen molar-refractivity contribution in [2.75, 3.05) is 12.4 Å². The number of anilines is 1. The van der Waals surface area contributed by atoms with Crippen molar-refractivity contribution in [1.82, 2.24) is 24.5 Å². The zero-order valence-electron chi connectivity index (χ0n) is 15.9. The first kappa shape index (κ1) is 21.0. The molecule has 0 saturated carbocycles. The number of hydrogen-bond acceptors (Lipinski definition) is 6. The molecule has 2 heterocycles. The van der Waals surface area contributed by atoms with E-state index in [0.29, 0.717) is 27.8 Å². The van der Waals surface area contributed by atoms with Crippen LogP contribution >= 0.6 is 0 Å². The Morgan fingerprint density at radius 3 is 2.24 bits per heavy atom. The molecular formula is C17H19F3N6O2S. The second-order valence-electron chi connectivity index (χ2n) is 6.49. The molecule has 2 aromatic heterocycles. The van der Waals surface area contributed by atoms with Crippen LogP contribution in [0.4, 0.5) is 19.0 Å². The van der Waals surface area contributed by atoms with Crippen molar-refractivity contribution in [2.45, 2.75) is 32.3 Å². The largest absolute Gasteiger partial charge is 0.453 e. The van der Waals surface area contributed by atoms with Crippen LogP contribution in [-0.2, 0) is 28.5 Å². The summed E-state index contributed by atoms with van der Waals surface area (Å²) in [5.41, 5.74) is 2.69. The van der Waals surface area contributed by atoms with E-state index in [0.717, 1.165) is 5.56 Å². The molecule has 0 aliphatic heterocycles. The van der Waals surface area contributed by atoms with Crippen LogP contribution in [0.1, 0.15) is 28.1 Å². The van der Waals surface area contributed by atoms with Crippen LogP contribution in [0.25, 0.3) is 5.65 Å². The molecular weight excluding hydrogens is 409 g/mol. The summed E-state index contributed by atoms with van der Waals surface area (Å²) >= 11 is 0. The maximum absolute atomic E-state index is 13.1. The molecule has 12 heteroatoms. The van der Waals surface area contributed by atoms with Crippen molar-refractivity contribution >= 4 is 21.5 Å². The summed E-state index contributed by atoms with van der Waals surface area (Å²) in [6, 6.07) is 6.85. The molecule has 0 aliphatic carbocycles. The number of aromatic nitrogens is 4. The number of nitrogens with one attached hydrogen (secondary N) is 2.